The highest BCUT2D eigenvalue weighted by Gasteiger charge is 2.54. The molecule has 16 atom stereocenters. The van der Waals surface area contributed by atoms with Crippen molar-refractivity contribution in [2.45, 2.75) is 365 Å². The van der Waals surface area contributed by atoms with Crippen LogP contribution in [0.1, 0.15) is 316 Å². The Morgan fingerprint density at radius 3 is 1.15 bits per heavy atom. The molecule has 0 radical (unpaired) electrons. The summed E-state index contributed by atoms with van der Waals surface area (Å²) in [6.07, 6.45) is 51.9. The van der Waals surface area contributed by atoms with Crippen LogP contribution in [0, 0.1) is 92.7 Å². The number of hydrogen-bond donors (Lipinski definition) is 4. The molecule has 2 aromatic carbocycles. The van der Waals surface area contributed by atoms with Gasteiger partial charge in [0.15, 0.2) is 12.2 Å². The third-order valence-corrected chi connectivity index (χ3v) is 30.6. The molecule has 6 aromatic rings. The molecule has 0 bridgehead atoms. The molecule has 8 aliphatic carbocycles. The van der Waals surface area contributed by atoms with Crippen LogP contribution in [0.2, 0.25) is 0 Å². The van der Waals surface area contributed by atoms with Crippen molar-refractivity contribution in [1.82, 2.24) is 80.8 Å². The standard InChI is InChI=1S/2C27H40N4O.2C21H36N4O/c1-20(10-8-17-26(2,3)32)23-14-15-24-21(13-9-18-27(23,24)4)16-19-31-25(28-29-30-31)22-11-6-5-7-12-22;1-20(10-8-17-26(2,3)32)23-14-15-24-21(13-9-18-27(23,24)4)16-19-31-29-25(28-30-31)22-11-6-5-7-12-22;1-16(7-5-12-20(2,3)26)18-9-10-19-17(8-6-13-21(18,19)4)11-14-25-15-22-23-24-25;1-16(7-5-12-20(2,3)26)18-9-10-19-17(8-6-13-21(18,19)4)11-14-25-23-15-22-24-25/h2*5-7,11-12,16,20,23-24,32H,8-10,13-15,17-19H2,1-4H3;2*11,15-16,18-19,26H,5-10,12-14H2,1-4H3/b2*21-16+;2*17-11+/t2*20-,23-,24+,27-;2*16-,18-,19+,21-/m1111/s1. The monoisotopic (exact) mass is 1590 g/mol. The largest absolute Gasteiger partial charge is 0.390 e. The second-order valence-corrected chi connectivity index (χ2v) is 41.3. The summed E-state index contributed by atoms with van der Waals surface area (Å²) in [4.78, 5) is 3.40. The van der Waals surface area contributed by atoms with Gasteiger partial charge in [0.05, 0.1) is 48.6 Å². The predicted molar refractivity (Wildman–Crippen MR) is 464 cm³/mol. The number of aromatic nitrogens is 16. The maximum absolute atomic E-state index is 10.1. The average Bonchev–Trinajstić information content (AvgIpc) is 1.68. The SMILES string of the molecule is C[C@H](CCCC(C)(C)O)[C@H]1CC[C@H]2/C(=C/Cn3cnnn3)CCC[C@]12C.C[C@H](CCCC(C)(C)O)[C@H]1CC[C@H]2/C(=C/Cn3ncnn3)CCC[C@]12C.C[C@H](CCCC(C)(C)O)[C@H]1CC[C@H]2/C(=C/Cn3nnc(-c4ccccc4)n3)CCC[C@]12C.C[C@H](CCCC(C)(C)O)[C@H]1CC[C@H]2/C(=C/Cn3nnnc3-c3ccccc3)CCC[C@]12C. The average molecular weight is 1590 g/mol. The number of tetrazole rings is 4. The molecule has 8 fully saturated rings. The summed E-state index contributed by atoms with van der Waals surface area (Å²) in [5, 5.41) is 89.1. The number of hydrogen-bond acceptors (Lipinski definition) is 16. The van der Waals surface area contributed by atoms with Gasteiger partial charge >= 0.3 is 0 Å². The lowest BCUT2D eigenvalue weighted by Gasteiger charge is -2.44. The first-order chi connectivity index (χ1) is 55.1. The van der Waals surface area contributed by atoms with Crippen LogP contribution in [-0.2, 0) is 26.2 Å². The molecule has 0 unspecified atom stereocenters. The van der Waals surface area contributed by atoms with Crippen LogP contribution in [0.4, 0.5) is 0 Å². The van der Waals surface area contributed by atoms with E-state index >= 15 is 0 Å². The van der Waals surface area contributed by atoms with Gasteiger partial charge in [-0.15, -0.1) is 30.6 Å². The third kappa shape index (κ3) is 23.8. The molecule has 0 amide bonds. The van der Waals surface area contributed by atoms with Crippen molar-refractivity contribution < 1.29 is 20.4 Å². The number of fused-ring (bicyclic) bond motifs is 4. The minimum atomic E-state index is -0.544. The Morgan fingerprint density at radius 2 is 0.784 bits per heavy atom. The van der Waals surface area contributed by atoms with Crippen molar-refractivity contribution >= 4 is 0 Å². The fourth-order valence-corrected chi connectivity index (χ4v) is 24.8. The summed E-state index contributed by atoms with van der Waals surface area (Å²) in [7, 11) is 0. The molecule has 4 heterocycles. The van der Waals surface area contributed by atoms with Crippen LogP contribution in [0.25, 0.3) is 22.8 Å². The van der Waals surface area contributed by atoms with Crippen LogP contribution in [0.5, 0.6) is 0 Å². The lowest BCUT2D eigenvalue weighted by atomic mass is 9.60. The Bertz CT molecular complexity index is 3960. The van der Waals surface area contributed by atoms with Gasteiger partial charge in [0.2, 0.25) is 5.82 Å². The normalized spacial score (nSPS) is 29.8. The van der Waals surface area contributed by atoms with E-state index in [0.717, 1.165) is 147 Å². The summed E-state index contributed by atoms with van der Waals surface area (Å²) in [6.45, 7) is 38.4. The quantitative estimate of drug-likeness (QED) is 0.0306. The van der Waals surface area contributed by atoms with Crippen molar-refractivity contribution in [1.29, 1.82) is 0 Å². The van der Waals surface area contributed by atoms with Crippen LogP contribution in [-0.4, -0.2) is 124 Å². The molecule has 8 aliphatic rings. The molecular weight excluding hydrogens is 1440 g/mol. The Labute approximate surface area is 697 Å². The minimum Gasteiger partial charge on any atom is -0.390 e. The minimum absolute atomic E-state index is 0.404. The Morgan fingerprint density at radius 1 is 0.414 bits per heavy atom. The maximum atomic E-state index is 10.1. The molecule has 116 heavy (non-hydrogen) atoms. The van der Waals surface area contributed by atoms with E-state index < -0.39 is 22.4 Å². The first-order valence-electron chi connectivity index (χ1n) is 45.8. The lowest BCUT2D eigenvalue weighted by Crippen LogP contribution is -2.36. The molecule has 0 saturated heterocycles. The Kier molecular flexibility index (Phi) is 31.0. The lowest BCUT2D eigenvalue weighted by molar-refractivity contribution is 0.0589. The zero-order valence-corrected chi connectivity index (χ0v) is 74.6. The van der Waals surface area contributed by atoms with Crippen LogP contribution in [0.15, 0.2) is 120 Å². The first-order valence-corrected chi connectivity index (χ1v) is 45.8. The van der Waals surface area contributed by atoms with E-state index in [-0.39, 0.29) is 0 Å². The molecule has 4 N–H and O–H groups in total. The summed E-state index contributed by atoms with van der Waals surface area (Å²) < 4.78 is 3.74. The topological polar surface area (TPSA) is 255 Å². The number of rotatable bonds is 30. The van der Waals surface area contributed by atoms with Gasteiger partial charge in [-0.2, -0.15) is 9.59 Å². The Balaban J connectivity index is 0.000000153. The second kappa shape index (κ2) is 39.8. The zero-order valence-electron chi connectivity index (χ0n) is 74.6. The van der Waals surface area contributed by atoms with Gasteiger partial charge in [-0.25, -0.2) is 9.36 Å². The van der Waals surface area contributed by atoms with Gasteiger partial charge in [0.1, 0.15) is 6.33 Å². The van der Waals surface area contributed by atoms with Gasteiger partial charge < -0.3 is 20.4 Å². The van der Waals surface area contributed by atoms with E-state index in [9.17, 15) is 20.4 Å². The molecule has 0 spiro atoms. The maximum Gasteiger partial charge on any atom is 0.204 e. The van der Waals surface area contributed by atoms with E-state index in [0.29, 0.717) is 45.9 Å². The number of aliphatic hydroxyl groups is 4. The highest BCUT2D eigenvalue weighted by Crippen LogP contribution is 2.64. The Hall–Kier alpha value is -6.48. The molecular formula is C96H152N16O4. The summed E-state index contributed by atoms with van der Waals surface area (Å²) in [5.41, 5.74) is 8.12. The van der Waals surface area contributed by atoms with Crippen LogP contribution in [0.3, 0.4) is 0 Å². The van der Waals surface area contributed by atoms with E-state index in [1.54, 1.807) is 38.2 Å². The van der Waals surface area contributed by atoms with E-state index in [1.807, 2.05) is 113 Å². The van der Waals surface area contributed by atoms with E-state index in [4.69, 9.17) is 0 Å². The summed E-state index contributed by atoms with van der Waals surface area (Å²) >= 11 is 0. The molecule has 640 valence electrons. The second-order valence-electron chi connectivity index (χ2n) is 41.3. The molecule has 14 rings (SSSR count). The van der Waals surface area contributed by atoms with E-state index in [1.165, 1.54) is 160 Å². The van der Waals surface area contributed by atoms with Gasteiger partial charge in [-0.3, -0.25) is 0 Å². The molecule has 8 saturated carbocycles. The van der Waals surface area contributed by atoms with Crippen molar-refractivity contribution in [3.63, 3.8) is 0 Å². The van der Waals surface area contributed by atoms with Crippen LogP contribution < -0.4 is 0 Å². The zero-order chi connectivity index (χ0) is 83.1. The molecule has 20 heteroatoms. The fraction of sp³-hybridized carbons (Fsp3) is 0.750. The number of benzene rings is 2. The highest BCUT2D eigenvalue weighted by molar-refractivity contribution is 5.54. The molecule has 0 aliphatic heterocycles. The van der Waals surface area contributed by atoms with Crippen molar-refractivity contribution in [2.24, 2.45) is 92.7 Å². The number of nitrogens with zero attached hydrogens (tertiary/aromatic N) is 16. The molecule has 20 nitrogen and oxygen atoms in total. The van der Waals surface area contributed by atoms with Gasteiger partial charge in [0, 0.05) is 11.1 Å². The number of allylic oxidation sites excluding steroid dienone is 8. The van der Waals surface area contributed by atoms with Crippen molar-refractivity contribution in [3.05, 3.63) is 120 Å². The van der Waals surface area contributed by atoms with Crippen molar-refractivity contribution in [3.8, 4) is 22.8 Å². The first kappa shape index (κ1) is 90.3. The van der Waals surface area contributed by atoms with Gasteiger partial charge in [0.25, 0.3) is 0 Å². The predicted octanol–water partition coefficient (Wildman–Crippen LogP) is 20.9. The van der Waals surface area contributed by atoms with E-state index in [2.05, 4.69) is 154 Å². The smallest absolute Gasteiger partial charge is 0.204 e. The summed E-state index contributed by atoms with van der Waals surface area (Å²) in [6, 6.07) is 20.3. The van der Waals surface area contributed by atoms with Crippen LogP contribution >= 0.6 is 0 Å². The molecule has 4 aromatic heterocycles. The van der Waals surface area contributed by atoms with Gasteiger partial charge in [-0.1, -0.05) is 214 Å². The van der Waals surface area contributed by atoms with Crippen molar-refractivity contribution in [2.75, 3.05) is 0 Å². The summed E-state index contributed by atoms with van der Waals surface area (Å²) in [5.74, 6) is 10.5. The third-order valence-electron chi connectivity index (χ3n) is 30.6. The highest BCUT2D eigenvalue weighted by atomic mass is 16.3. The fourth-order valence-electron chi connectivity index (χ4n) is 24.8. The van der Waals surface area contributed by atoms with Gasteiger partial charge in [-0.05, 0) is 333 Å².